The highest BCUT2D eigenvalue weighted by Crippen LogP contribution is 2.26. The van der Waals surface area contributed by atoms with Gasteiger partial charge in [0.15, 0.2) is 0 Å². The number of rotatable bonds is 3. The third-order valence-electron chi connectivity index (χ3n) is 4.00. The van der Waals surface area contributed by atoms with Crippen LogP contribution in [0.5, 0.6) is 5.75 Å². The first-order chi connectivity index (χ1) is 9.52. The van der Waals surface area contributed by atoms with Crippen molar-refractivity contribution in [3.8, 4) is 5.75 Å². The number of amides is 1. The molecule has 1 aliphatic heterocycles. The lowest BCUT2D eigenvalue weighted by Crippen LogP contribution is -2.50. The normalized spacial score (nSPS) is 22.9. The van der Waals surface area contributed by atoms with Gasteiger partial charge in [0.25, 0.3) is 0 Å². The van der Waals surface area contributed by atoms with Crippen molar-refractivity contribution in [1.29, 1.82) is 0 Å². The van der Waals surface area contributed by atoms with Crippen LogP contribution in [0.1, 0.15) is 25.3 Å². The van der Waals surface area contributed by atoms with Crippen molar-refractivity contribution in [3.63, 3.8) is 0 Å². The number of nitrogens with zero attached hydrogens (tertiary/aromatic N) is 1. The summed E-state index contributed by atoms with van der Waals surface area (Å²) in [7, 11) is 0. The van der Waals surface area contributed by atoms with Crippen molar-refractivity contribution in [2.45, 2.75) is 32.2 Å². The molecule has 1 fully saturated rings. The molecule has 4 nitrogen and oxygen atoms in total. The zero-order valence-electron chi connectivity index (χ0n) is 11.6. The van der Waals surface area contributed by atoms with Crippen molar-refractivity contribution in [2.75, 3.05) is 13.2 Å². The maximum atomic E-state index is 12.4. The average Bonchev–Trinajstić information content (AvgIpc) is 2.41. The van der Waals surface area contributed by atoms with Gasteiger partial charge in [-0.2, -0.15) is 0 Å². The van der Waals surface area contributed by atoms with Crippen LogP contribution >= 0.6 is 11.6 Å². The second kappa shape index (κ2) is 6.46. The summed E-state index contributed by atoms with van der Waals surface area (Å²) in [6.45, 7) is 2.74. The molecule has 2 rings (SSSR count). The Kier molecular flexibility index (Phi) is 4.89. The van der Waals surface area contributed by atoms with E-state index < -0.39 is 0 Å². The van der Waals surface area contributed by atoms with E-state index in [1.807, 2.05) is 0 Å². The molecule has 0 spiro atoms. The number of hydrogen-bond donors (Lipinski definition) is 2. The predicted octanol–water partition coefficient (Wildman–Crippen LogP) is 2.21. The zero-order chi connectivity index (χ0) is 14.7. The third-order valence-corrected chi connectivity index (χ3v) is 4.35. The Morgan fingerprint density at radius 3 is 2.90 bits per heavy atom. The van der Waals surface area contributed by atoms with E-state index in [0.717, 1.165) is 12.8 Å². The average molecular weight is 298 g/mol. The molecule has 2 unspecified atom stereocenters. The number of phenols is 1. The summed E-state index contributed by atoms with van der Waals surface area (Å²) in [5.74, 6) is 0.377. The van der Waals surface area contributed by atoms with E-state index in [1.165, 1.54) is 12.1 Å². The third kappa shape index (κ3) is 3.25. The first-order valence-corrected chi connectivity index (χ1v) is 7.28. The van der Waals surface area contributed by atoms with E-state index in [9.17, 15) is 15.0 Å². The van der Waals surface area contributed by atoms with Gasteiger partial charge in [0.1, 0.15) is 5.75 Å². The number of aliphatic hydroxyl groups is 1. The highest BCUT2D eigenvalue weighted by atomic mass is 35.5. The Morgan fingerprint density at radius 2 is 2.25 bits per heavy atom. The van der Waals surface area contributed by atoms with Gasteiger partial charge in [0, 0.05) is 11.6 Å². The highest BCUT2D eigenvalue weighted by Gasteiger charge is 2.31. The second-order valence-corrected chi connectivity index (χ2v) is 5.82. The molecular weight excluding hydrogens is 278 g/mol. The van der Waals surface area contributed by atoms with E-state index in [4.69, 9.17) is 11.6 Å². The molecule has 110 valence electrons. The van der Waals surface area contributed by atoms with Crippen molar-refractivity contribution in [3.05, 3.63) is 28.8 Å². The molecule has 2 atom stereocenters. The Balaban J connectivity index is 2.10. The molecule has 5 heteroatoms. The molecule has 20 heavy (non-hydrogen) atoms. The number of carbonyl (C=O) groups excluding carboxylic acids is 1. The van der Waals surface area contributed by atoms with Gasteiger partial charge >= 0.3 is 0 Å². The van der Waals surface area contributed by atoms with E-state index >= 15 is 0 Å². The molecule has 1 saturated heterocycles. The second-order valence-electron chi connectivity index (χ2n) is 5.41. The van der Waals surface area contributed by atoms with Crippen LogP contribution < -0.4 is 0 Å². The lowest BCUT2D eigenvalue weighted by Gasteiger charge is -2.39. The van der Waals surface area contributed by atoms with Crippen LogP contribution in [-0.2, 0) is 11.2 Å². The van der Waals surface area contributed by atoms with E-state index in [0.29, 0.717) is 23.0 Å². The number of aliphatic hydroxyl groups excluding tert-OH is 1. The van der Waals surface area contributed by atoms with Crippen molar-refractivity contribution in [1.82, 2.24) is 4.90 Å². The maximum Gasteiger partial charge on any atom is 0.227 e. The molecule has 1 heterocycles. The Morgan fingerprint density at radius 1 is 1.50 bits per heavy atom. The van der Waals surface area contributed by atoms with Crippen LogP contribution in [0.25, 0.3) is 0 Å². The topological polar surface area (TPSA) is 60.8 Å². The Hall–Kier alpha value is -1.26. The molecule has 0 radical (unpaired) electrons. The minimum atomic E-state index is -0.104. The van der Waals surface area contributed by atoms with Crippen molar-refractivity contribution in [2.24, 2.45) is 5.92 Å². The number of carbonyl (C=O) groups is 1. The van der Waals surface area contributed by atoms with Crippen molar-refractivity contribution < 1.29 is 15.0 Å². The van der Waals surface area contributed by atoms with Gasteiger partial charge in [-0.05, 0) is 36.5 Å². The Bertz CT molecular complexity index is 492. The fraction of sp³-hybridized carbons (Fsp3) is 0.533. The number of hydrogen-bond acceptors (Lipinski definition) is 3. The van der Waals surface area contributed by atoms with Gasteiger partial charge in [0.2, 0.25) is 5.91 Å². The van der Waals surface area contributed by atoms with Gasteiger partial charge in [0.05, 0.1) is 19.1 Å². The van der Waals surface area contributed by atoms with Gasteiger partial charge in [-0.1, -0.05) is 24.6 Å². The quantitative estimate of drug-likeness (QED) is 0.899. The fourth-order valence-electron chi connectivity index (χ4n) is 2.78. The summed E-state index contributed by atoms with van der Waals surface area (Å²) >= 11 is 6.03. The van der Waals surface area contributed by atoms with Crippen LogP contribution in [-0.4, -0.2) is 40.2 Å². The van der Waals surface area contributed by atoms with Crippen LogP contribution in [0.3, 0.4) is 0 Å². The number of aromatic hydroxyl groups is 1. The molecule has 0 aromatic heterocycles. The number of halogens is 1. The number of piperidine rings is 1. The van der Waals surface area contributed by atoms with Crippen LogP contribution in [0.2, 0.25) is 5.02 Å². The first-order valence-electron chi connectivity index (χ1n) is 6.90. The van der Waals surface area contributed by atoms with E-state index in [1.54, 1.807) is 11.0 Å². The first kappa shape index (κ1) is 15.1. The van der Waals surface area contributed by atoms with Crippen LogP contribution in [0.4, 0.5) is 0 Å². The molecule has 0 bridgehead atoms. The van der Waals surface area contributed by atoms with Gasteiger partial charge < -0.3 is 15.1 Å². The molecule has 1 aromatic rings. The van der Waals surface area contributed by atoms with Crippen molar-refractivity contribution >= 4 is 17.5 Å². The highest BCUT2D eigenvalue weighted by molar-refractivity contribution is 6.31. The standard InChI is InChI=1S/C15H20ClNO3/c1-10-3-2-6-17(14(10)9-18)15(20)7-11-4-5-12(19)8-13(11)16/h4-5,8,10,14,18-19H,2-3,6-7,9H2,1H3. The minimum Gasteiger partial charge on any atom is -0.508 e. The molecule has 2 N–H and O–H groups in total. The lowest BCUT2D eigenvalue weighted by atomic mass is 9.91. The van der Waals surface area contributed by atoms with E-state index in [-0.39, 0.29) is 30.7 Å². The molecule has 1 aliphatic rings. The number of phenolic OH excluding ortho intramolecular Hbond substituents is 1. The van der Waals surface area contributed by atoms with Gasteiger partial charge in [-0.25, -0.2) is 0 Å². The summed E-state index contributed by atoms with van der Waals surface area (Å²) in [6, 6.07) is 4.52. The van der Waals surface area contributed by atoms with Gasteiger partial charge in [-0.15, -0.1) is 0 Å². The largest absolute Gasteiger partial charge is 0.508 e. The zero-order valence-corrected chi connectivity index (χ0v) is 12.3. The summed E-state index contributed by atoms with van der Waals surface area (Å²) < 4.78 is 0. The maximum absolute atomic E-state index is 12.4. The summed E-state index contributed by atoms with van der Waals surface area (Å²) in [6.07, 6.45) is 2.20. The van der Waals surface area contributed by atoms with Crippen LogP contribution in [0, 0.1) is 5.92 Å². The molecular formula is C15H20ClNO3. The summed E-state index contributed by atoms with van der Waals surface area (Å²) in [4.78, 5) is 14.2. The smallest absolute Gasteiger partial charge is 0.227 e. The van der Waals surface area contributed by atoms with Crippen LogP contribution in [0.15, 0.2) is 18.2 Å². The fourth-order valence-corrected chi connectivity index (χ4v) is 3.02. The van der Waals surface area contributed by atoms with E-state index in [2.05, 4.69) is 6.92 Å². The summed E-state index contributed by atoms with van der Waals surface area (Å²) in [5, 5.41) is 19.2. The molecule has 1 amide bonds. The Labute approximate surface area is 124 Å². The minimum absolute atomic E-state index is 0.00375. The lowest BCUT2D eigenvalue weighted by molar-refractivity contribution is -0.136. The molecule has 0 aliphatic carbocycles. The molecule has 1 aromatic carbocycles. The number of benzene rings is 1. The molecule has 0 saturated carbocycles. The SMILES string of the molecule is CC1CCCN(C(=O)Cc2ccc(O)cc2Cl)C1CO. The van der Waals surface area contributed by atoms with Gasteiger partial charge in [-0.3, -0.25) is 4.79 Å². The predicted molar refractivity (Wildman–Crippen MR) is 77.8 cm³/mol. The summed E-state index contributed by atoms with van der Waals surface area (Å²) in [5.41, 5.74) is 0.699. The monoisotopic (exact) mass is 297 g/mol. The number of likely N-dealkylation sites (tertiary alicyclic amines) is 1.